The third-order valence-corrected chi connectivity index (χ3v) is 7.10. The van der Waals surface area contributed by atoms with E-state index in [1.54, 1.807) is 18.4 Å². The number of aliphatic hydroxyl groups is 1. The summed E-state index contributed by atoms with van der Waals surface area (Å²) < 4.78 is 11.0. The molecule has 1 saturated heterocycles. The molecule has 1 unspecified atom stereocenters. The van der Waals surface area contributed by atoms with Gasteiger partial charge >= 0.3 is 0 Å². The number of nitrogens with zero attached hydrogens (tertiary/aromatic N) is 2. The maximum atomic E-state index is 12.7. The second-order valence-electron chi connectivity index (χ2n) is 9.23. The van der Waals surface area contributed by atoms with E-state index < -0.39 is 11.0 Å². The zero-order valence-electron chi connectivity index (χ0n) is 19.2. The van der Waals surface area contributed by atoms with E-state index in [-0.39, 0.29) is 5.91 Å². The Balaban J connectivity index is 1.61. The van der Waals surface area contributed by atoms with Gasteiger partial charge in [-0.3, -0.25) is 4.79 Å². The first kappa shape index (κ1) is 23.5. The summed E-state index contributed by atoms with van der Waals surface area (Å²) in [7, 11) is 1.64. The lowest BCUT2D eigenvalue weighted by Crippen LogP contribution is -2.40. The number of aromatic nitrogens is 1. The Bertz CT molecular complexity index is 888. The molecule has 6 nitrogen and oxygen atoms in total. The highest BCUT2D eigenvalue weighted by Crippen LogP contribution is 2.37. The minimum absolute atomic E-state index is 0.142. The van der Waals surface area contributed by atoms with Crippen molar-refractivity contribution in [3.05, 3.63) is 39.8 Å². The molecule has 1 N–H and O–H groups in total. The number of carbonyl (C=O) groups excluding carboxylic acids is 1. The van der Waals surface area contributed by atoms with Crippen LogP contribution in [0.1, 0.15) is 55.6 Å². The first-order valence-corrected chi connectivity index (χ1v) is 11.7. The molecular formula is C24H34N2O4S. The molecule has 7 heteroatoms. The van der Waals surface area contributed by atoms with Crippen LogP contribution in [0.2, 0.25) is 0 Å². The van der Waals surface area contributed by atoms with E-state index in [0.29, 0.717) is 32.5 Å². The summed E-state index contributed by atoms with van der Waals surface area (Å²) >= 11 is 1.57. The summed E-state index contributed by atoms with van der Waals surface area (Å²) in [6.07, 6.45) is 2.65. The number of hydrogen-bond donors (Lipinski definition) is 1. The van der Waals surface area contributed by atoms with E-state index in [9.17, 15) is 9.90 Å². The van der Waals surface area contributed by atoms with E-state index in [4.69, 9.17) is 14.5 Å². The lowest BCUT2D eigenvalue weighted by molar-refractivity contribution is -0.139. The molecule has 1 aliphatic heterocycles. The fraction of sp³-hybridized carbons (Fsp3) is 0.583. The standard InChI is InChI=1S/C24H34N2O4S/c1-17-20(11-16-30-19-9-7-18(29-5)8-10-19)31-21(25-17)24(28)12-6-14-26(15-13-24)22(27)23(2,3)4/h7-10,28H,6,11-16H2,1-5H3. The Morgan fingerprint density at radius 2 is 1.87 bits per heavy atom. The van der Waals surface area contributed by atoms with Crippen LogP contribution in [0.3, 0.4) is 0 Å². The molecule has 0 radical (unpaired) electrons. The normalized spacial score (nSPS) is 19.7. The lowest BCUT2D eigenvalue weighted by atomic mass is 9.94. The molecule has 1 amide bonds. The van der Waals surface area contributed by atoms with Gasteiger partial charge in [0.05, 0.1) is 19.4 Å². The molecule has 1 aliphatic rings. The van der Waals surface area contributed by atoms with Crippen LogP contribution in [0.5, 0.6) is 11.5 Å². The molecule has 2 heterocycles. The van der Waals surface area contributed by atoms with Gasteiger partial charge in [0.1, 0.15) is 22.1 Å². The molecule has 1 aromatic carbocycles. The Hall–Kier alpha value is -2.12. The van der Waals surface area contributed by atoms with Gasteiger partial charge in [-0.2, -0.15) is 0 Å². The molecule has 0 saturated carbocycles. The van der Waals surface area contributed by atoms with Crippen molar-refractivity contribution >= 4 is 17.2 Å². The SMILES string of the molecule is COc1ccc(OCCc2sc(C3(O)CCCN(C(=O)C(C)(C)C)CC3)nc2C)cc1. The summed E-state index contributed by atoms with van der Waals surface area (Å²) in [6.45, 7) is 9.59. The van der Waals surface area contributed by atoms with Crippen LogP contribution in [0.4, 0.5) is 0 Å². The molecule has 0 bridgehead atoms. The van der Waals surface area contributed by atoms with Crippen molar-refractivity contribution in [3.63, 3.8) is 0 Å². The van der Waals surface area contributed by atoms with Crippen molar-refractivity contribution in [2.75, 3.05) is 26.8 Å². The van der Waals surface area contributed by atoms with Gasteiger partial charge in [-0.15, -0.1) is 11.3 Å². The Labute approximate surface area is 189 Å². The minimum atomic E-state index is -0.975. The maximum Gasteiger partial charge on any atom is 0.227 e. The van der Waals surface area contributed by atoms with Gasteiger partial charge in [0.2, 0.25) is 5.91 Å². The minimum Gasteiger partial charge on any atom is -0.497 e. The van der Waals surface area contributed by atoms with Crippen LogP contribution < -0.4 is 9.47 Å². The zero-order chi connectivity index (χ0) is 22.6. The molecule has 1 atom stereocenters. The number of amides is 1. The zero-order valence-corrected chi connectivity index (χ0v) is 20.1. The third-order valence-electron chi connectivity index (χ3n) is 5.69. The van der Waals surface area contributed by atoms with Crippen LogP contribution in [0.15, 0.2) is 24.3 Å². The second-order valence-corrected chi connectivity index (χ2v) is 10.3. The molecule has 170 valence electrons. The fourth-order valence-corrected chi connectivity index (χ4v) is 4.99. The van der Waals surface area contributed by atoms with Crippen LogP contribution in [-0.2, 0) is 16.8 Å². The summed E-state index contributed by atoms with van der Waals surface area (Å²) in [5, 5.41) is 12.1. The number of rotatable bonds is 6. The van der Waals surface area contributed by atoms with Crippen molar-refractivity contribution in [2.45, 2.75) is 59.0 Å². The predicted molar refractivity (Wildman–Crippen MR) is 123 cm³/mol. The number of methoxy groups -OCH3 is 1. The summed E-state index contributed by atoms with van der Waals surface area (Å²) in [6, 6.07) is 7.53. The largest absolute Gasteiger partial charge is 0.497 e. The number of carbonyl (C=O) groups is 1. The second kappa shape index (κ2) is 9.57. The monoisotopic (exact) mass is 446 g/mol. The molecular weight excluding hydrogens is 412 g/mol. The van der Waals surface area contributed by atoms with E-state index in [2.05, 4.69) is 0 Å². The highest BCUT2D eigenvalue weighted by molar-refractivity contribution is 7.11. The van der Waals surface area contributed by atoms with Gasteiger partial charge in [-0.25, -0.2) is 4.98 Å². The van der Waals surface area contributed by atoms with Crippen molar-refractivity contribution < 1.29 is 19.4 Å². The number of thiazole rings is 1. The number of likely N-dealkylation sites (tertiary alicyclic amines) is 1. The van der Waals surface area contributed by atoms with Crippen LogP contribution in [0, 0.1) is 12.3 Å². The molecule has 2 aromatic rings. The molecule has 0 spiro atoms. The Morgan fingerprint density at radius 3 is 2.52 bits per heavy atom. The van der Waals surface area contributed by atoms with E-state index in [0.717, 1.165) is 39.9 Å². The average Bonchev–Trinajstić information content (AvgIpc) is 2.99. The fourth-order valence-electron chi connectivity index (χ4n) is 3.80. The van der Waals surface area contributed by atoms with Crippen LogP contribution >= 0.6 is 11.3 Å². The molecule has 0 aliphatic carbocycles. The van der Waals surface area contributed by atoms with E-state index in [1.165, 1.54) is 0 Å². The molecule has 3 rings (SSSR count). The van der Waals surface area contributed by atoms with Crippen molar-refractivity contribution in [2.24, 2.45) is 5.41 Å². The number of aryl methyl sites for hydroxylation is 1. The predicted octanol–water partition coefficient (Wildman–Crippen LogP) is 4.33. The van der Waals surface area contributed by atoms with E-state index in [1.807, 2.05) is 56.9 Å². The number of benzene rings is 1. The number of hydrogen-bond acceptors (Lipinski definition) is 6. The van der Waals surface area contributed by atoms with Crippen molar-refractivity contribution in [1.29, 1.82) is 0 Å². The summed E-state index contributed by atoms with van der Waals surface area (Å²) in [4.78, 5) is 20.4. The third kappa shape index (κ3) is 5.77. The van der Waals surface area contributed by atoms with Crippen molar-refractivity contribution in [1.82, 2.24) is 9.88 Å². The molecule has 1 fully saturated rings. The first-order valence-electron chi connectivity index (χ1n) is 10.9. The van der Waals surface area contributed by atoms with Crippen molar-refractivity contribution in [3.8, 4) is 11.5 Å². The van der Waals surface area contributed by atoms with E-state index >= 15 is 0 Å². The number of ether oxygens (including phenoxy) is 2. The highest BCUT2D eigenvalue weighted by Gasteiger charge is 2.38. The van der Waals surface area contributed by atoms with Gasteiger partial charge in [-0.05, 0) is 44.0 Å². The topological polar surface area (TPSA) is 71.9 Å². The van der Waals surface area contributed by atoms with Gasteiger partial charge in [0, 0.05) is 36.2 Å². The quantitative estimate of drug-likeness (QED) is 0.715. The van der Waals surface area contributed by atoms with Gasteiger partial charge in [0.15, 0.2) is 0 Å². The molecule has 31 heavy (non-hydrogen) atoms. The maximum absolute atomic E-state index is 12.7. The van der Waals surface area contributed by atoms with Crippen LogP contribution in [-0.4, -0.2) is 47.7 Å². The lowest BCUT2D eigenvalue weighted by Gasteiger charge is -2.29. The Kier molecular flexibility index (Phi) is 7.27. The van der Waals surface area contributed by atoms with Gasteiger partial charge < -0.3 is 19.5 Å². The smallest absolute Gasteiger partial charge is 0.227 e. The van der Waals surface area contributed by atoms with Gasteiger partial charge in [-0.1, -0.05) is 20.8 Å². The summed E-state index contributed by atoms with van der Waals surface area (Å²) in [5.74, 6) is 1.74. The van der Waals surface area contributed by atoms with Crippen LogP contribution in [0.25, 0.3) is 0 Å². The van der Waals surface area contributed by atoms with Gasteiger partial charge in [0.25, 0.3) is 0 Å². The average molecular weight is 447 g/mol. The summed E-state index contributed by atoms with van der Waals surface area (Å²) in [5.41, 5.74) is -0.437. The first-order chi connectivity index (χ1) is 14.6. The Morgan fingerprint density at radius 1 is 1.19 bits per heavy atom. The highest BCUT2D eigenvalue weighted by atomic mass is 32.1. The molecule has 1 aromatic heterocycles.